The van der Waals surface area contributed by atoms with E-state index in [4.69, 9.17) is 9.47 Å². The van der Waals surface area contributed by atoms with E-state index in [1.807, 2.05) is 14.0 Å². The molecule has 1 aromatic rings. The lowest BCUT2D eigenvalue weighted by atomic mass is 10.1. The highest BCUT2D eigenvalue weighted by molar-refractivity contribution is 5.98. The summed E-state index contributed by atoms with van der Waals surface area (Å²) in [7, 11) is 1.85. The molecule has 2 N–H and O–H groups in total. The summed E-state index contributed by atoms with van der Waals surface area (Å²) in [5.41, 5.74) is 0.516. The second-order valence-electron chi connectivity index (χ2n) is 6.16. The van der Waals surface area contributed by atoms with Gasteiger partial charge in [-0.2, -0.15) is 0 Å². The highest BCUT2D eigenvalue weighted by atomic mass is 35.5. The molecule has 2 unspecified atom stereocenters. The first-order chi connectivity index (χ1) is 11.6. The summed E-state index contributed by atoms with van der Waals surface area (Å²) in [6.45, 7) is 3.29. The molecule has 7 nitrogen and oxygen atoms in total. The van der Waals surface area contributed by atoms with E-state index in [0.717, 1.165) is 6.42 Å². The predicted octanol–water partition coefficient (Wildman–Crippen LogP) is 1.17. The Balaban J connectivity index is 0.00000225. The smallest absolute Gasteiger partial charge is 0.254 e. The largest absolute Gasteiger partial charge is 0.454 e. The van der Waals surface area contributed by atoms with Gasteiger partial charge in [-0.25, -0.2) is 0 Å². The number of hydrogen-bond donors (Lipinski definition) is 2. The van der Waals surface area contributed by atoms with E-state index in [9.17, 15) is 9.59 Å². The number of rotatable bonds is 5. The van der Waals surface area contributed by atoms with Gasteiger partial charge in [-0.1, -0.05) is 0 Å². The SMILES string of the molecule is CNC(C)CNC(=O)C1CCCN1C(=O)c1ccc2c(c1)OCO2.Cl. The summed E-state index contributed by atoms with van der Waals surface area (Å²) in [5.74, 6) is 0.975. The number of nitrogens with zero attached hydrogens (tertiary/aromatic N) is 1. The van der Waals surface area contributed by atoms with Crippen LogP contribution in [-0.4, -0.2) is 55.7 Å². The van der Waals surface area contributed by atoms with Crippen molar-refractivity contribution in [3.63, 3.8) is 0 Å². The molecule has 8 heteroatoms. The molecule has 0 saturated carbocycles. The van der Waals surface area contributed by atoms with Crippen molar-refractivity contribution in [2.75, 3.05) is 26.9 Å². The molecule has 2 heterocycles. The van der Waals surface area contributed by atoms with Crippen molar-refractivity contribution in [1.29, 1.82) is 0 Å². The standard InChI is InChI=1S/C17H23N3O4.ClH/c1-11(18-2)9-19-16(21)13-4-3-7-20(13)17(22)12-5-6-14-15(8-12)24-10-23-14;/h5-6,8,11,13,18H,3-4,7,9-10H2,1-2H3,(H,19,21);1H. The third kappa shape index (κ3) is 4.16. The monoisotopic (exact) mass is 369 g/mol. The van der Waals surface area contributed by atoms with Crippen molar-refractivity contribution in [3.05, 3.63) is 23.8 Å². The fraction of sp³-hybridized carbons (Fsp3) is 0.529. The number of amides is 2. The van der Waals surface area contributed by atoms with E-state index >= 15 is 0 Å². The number of fused-ring (bicyclic) bond motifs is 1. The van der Waals surface area contributed by atoms with Crippen molar-refractivity contribution in [3.8, 4) is 11.5 Å². The molecule has 2 amide bonds. The molecule has 25 heavy (non-hydrogen) atoms. The molecule has 1 saturated heterocycles. The minimum atomic E-state index is -0.410. The summed E-state index contributed by atoms with van der Waals surface area (Å²) in [6, 6.07) is 4.91. The van der Waals surface area contributed by atoms with Gasteiger partial charge in [0.05, 0.1) is 0 Å². The zero-order valence-corrected chi connectivity index (χ0v) is 15.2. The predicted molar refractivity (Wildman–Crippen MR) is 95.4 cm³/mol. The van der Waals surface area contributed by atoms with Gasteiger partial charge in [0.1, 0.15) is 6.04 Å². The van der Waals surface area contributed by atoms with Crippen molar-refractivity contribution in [2.24, 2.45) is 0 Å². The zero-order chi connectivity index (χ0) is 17.1. The number of carbonyl (C=O) groups excluding carboxylic acids is 2. The fourth-order valence-electron chi connectivity index (χ4n) is 2.95. The average molecular weight is 370 g/mol. The Labute approximate surface area is 153 Å². The molecule has 0 aliphatic carbocycles. The van der Waals surface area contributed by atoms with Crippen LogP contribution in [0.15, 0.2) is 18.2 Å². The summed E-state index contributed by atoms with van der Waals surface area (Å²) in [4.78, 5) is 26.9. The molecule has 0 radical (unpaired) electrons. The number of likely N-dealkylation sites (tertiary alicyclic amines) is 1. The third-order valence-corrected chi connectivity index (χ3v) is 4.51. The van der Waals surface area contributed by atoms with Crippen LogP contribution in [0.3, 0.4) is 0 Å². The molecule has 2 atom stereocenters. The van der Waals surface area contributed by atoms with Crippen LogP contribution in [0.4, 0.5) is 0 Å². The van der Waals surface area contributed by atoms with Gasteiger partial charge < -0.3 is 25.0 Å². The van der Waals surface area contributed by atoms with Crippen molar-refractivity contribution in [1.82, 2.24) is 15.5 Å². The van der Waals surface area contributed by atoms with Crippen molar-refractivity contribution >= 4 is 24.2 Å². The van der Waals surface area contributed by atoms with E-state index < -0.39 is 6.04 Å². The van der Waals surface area contributed by atoms with Crippen LogP contribution in [-0.2, 0) is 4.79 Å². The number of benzene rings is 1. The maximum atomic E-state index is 12.8. The van der Waals surface area contributed by atoms with Gasteiger partial charge in [-0.05, 0) is 45.0 Å². The second kappa shape index (κ2) is 8.40. The molecule has 1 fully saturated rings. The van der Waals surface area contributed by atoms with Gasteiger partial charge in [-0.15, -0.1) is 12.4 Å². The summed E-state index contributed by atoms with van der Waals surface area (Å²) < 4.78 is 10.6. The normalized spacial score (nSPS) is 19.3. The van der Waals surface area contributed by atoms with Crippen LogP contribution in [0.5, 0.6) is 11.5 Å². The molecular weight excluding hydrogens is 346 g/mol. The highest BCUT2D eigenvalue weighted by Crippen LogP contribution is 2.33. The Kier molecular flexibility index (Phi) is 6.50. The summed E-state index contributed by atoms with van der Waals surface area (Å²) >= 11 is 0. The lowest BCUT2D eigenvalue weighted by molar-refractivity contribution is -0.124. The first-order valence-corrected chi connectivity index (χ1v) is 8.25. The van der Waals surface area contributed by atoms with Crippen LogP contribution in [0, 0.1) is 0 Å². The molecule has 3 rings (SSSR count). The number of carbonyl (C=O) groups is 2. The van der Waals surface area contributed by atoms with Gasteiger partial charge >= 0.3 is 0 Å². The maximum Gasteiger partial charge on any atom is 0.254 e. The molecule has 138 valence electrons. The number of hydrogen-bond acceptors (Lipinski definition) is 5. The number of ether oxygens (including phenoxy) is 2. The van der Waals surface area contributed by atoms with Crippen LogP contribution < -0.4 is 20.1 Å². The number of likely N-dealkylation sites (N-methyl/N-ethyl adjacent to an activating group) is 1. The second-order valence-corrected chi connectivity index (χ2v) is 6.16. The van der Waals surface area contributed by atoms with E-state index in [0.29, 0.717) is 36.6 Å². The van der Waals surface area contributed by atoms with Crippen LogP contribution in [0.2, 0.25) is 0 Å². The fourth-order valence-corrected chi connectivity index (χ4v) is 2.95. The van der Waals surface area contributed by atoms with E-state index in [1.165, 1.54) is 0 Å². The highest BCUT2D eigenvalue weighted by Gasteiger charge is 2.35. The van der Waals surface area contributed by atoms with Gasteiger partial charge in [0, 0.05) is 24.7 Å². The molecule has 0 bridgehead atoms. The van der Waals surface area contributed by atoms with Gasteiger partial charge in [0.15, 0.2) is 11.5 Å². The van der Waals surface area contributed by atoms with Gasteiger partial charge in [0.2, 0.25) is 12.7 Å². The van der Waals surface area contributed by atoms with E-state index in [2.05, 4.69) is 10.6 Å². The lowest BCUT2D eigenvalue weighted by Gasteiger charge is -2.24. The molecule has 0 aromatic heterocycles. The Morgan fingerprint density at radius 2 is 2.08 bits per heavy atom. The summed E-state index contributed by atoms with van der Waals surface area (Å²) in [6.07, 6.45) is 1.52. The van der Waals surface area contributed by atoms with Crippen molar-refractivity contribution in [2.45, 2.75) is 31.8 Å². The van der Waals surface area contributed by atoms with E-state index in [-0.39, 0.29) is 37.1 Å². The maximum absolute atomic E-state index is 12.8. The van der Waals surface area contributed by atoms with Crippen LogP contribution >= 0.6 is 12.4 Å². The first kappa shape index (κ1) is 19.3. The zero-order valence-electron chi connectivity index (χ0n) is 14.4. The molecular formula is C17H24ClN3O4. The first-order valence-electron chi connectivity index (χ1n) is 8.25. The Morgan fingerprint density at radius 1 is 1.32 bits per heavy atom. The Hall–Kier alpha value is -1.99. The lowest BCUT2D eigenvalue weighted by Crippen LogP contribution is -2.48. The average Bonchev–Trinajstić information content (AvgIpc) is 3.26. The van der Waals surface area contributed by atoms with Crippen LogP contribution in [0.25, 0.3) is 0 Å². The minimum Gasteiger partial charge on any atom is -0.454 e. The quantitative estimate of drug-likeness (QED) is 0.814. The van der Waals surface area contributed by atoms with Crippen LogP contribution in [0.1, 0.15) is 30.1 Å². The molecule has 2 aliphatic heterocycles. The van der Waals surface area contributed by atoms with Gasteiger partial charge in [-0.3, -0.25) is 9.59 Å². The number of nitrogens with one attached hydrogen (secondary N) is 2. The number of halogens is 1. The minimum absolute atomic E-state index is 0. The summed E-state index contributed by atoms with van der Waals surface area (Å²) in [5, 5.41) is 5.99. The Bertz CT molecular complexity index is 640. The molecule has 2 aliphatic rings. The molecule has 1 aromatic carbocycles. The van der Waals surface area contributed by atoms with Crippen molar-refractivity contribution < 1.29 is 19.1 Å². The topological polar surface area (TPSA) is 79.9 Å². The van der Waals surface area contributed by atoms with Gasteiger partial charge in [0.25, 0.3) is 5.91 Å². The third-order valence-electron chi connectivity index (χ3n) is 4.51. The molecule has 0 spiro atoms. The Morgan fingerprint density at radius 3 is 2.84 bits per heavy atom. The van der Waals surface area contributed by atoms with E-state index in [1.54, 1.807) is 23.1 Å².